The molecule has 0 saturated carbocycles. The molecule has 184 valence electrons. The number of carbonyl (C=O) groups is 2. The minimum atomic E-state index is -0.360. The summed E-state index contributed by atoms with van der Waals surface area (Å²) in [6, 6.07) is 12.6. The van der Waals surface area contributed by atoms with Crippen LogP contribution in [0.2, 0.25) is 0 Å². The molecule has 35 heavy (non-hydrogen) atoms. The number of aromatic nitrogens is 2. The van der Waals surface area contributed by atoms with Crippen LogP contribution in [0.3, 0.4) is 0 Å². The zero-order valence-corrected chi connectivity index (χ0v) is 21.2. The van der Waals surface area contributed by atoms with E-state index in [1.54, 1.807) is 34.9 Å². The summed E-state index contributed by atoms with van der Waals surface area (Å²) in [5.41, 5.74) is 1.85. The Morgan fingerprint density at radius 1 is 1.14 bits per heavy atom. The van der Waals surface area contributed by atoms with Crippen LogP contribution in [0, 0.1) is 0 Å². The minimum Gasteiger partial charge on any atom is -0.496 e. The van der Waals surface area contributed by atoms with Gasteiger partial charge in [0.25, 0.3) is 11.8 Å². The third-order valence-electron chi connectivity index (χ3n) is 5.65. The third kappa shape index (κ3) is 5.66. The molecule has 1 aromatic heterocycles. The molecule has 1 fully saturated rings. The Kier molecular flexibility index (Phi) is 8.04. The quantitative estimate of drug-likeness (QED) is 0.462. The van der Waals surface area contributed by atoms with Gasteiger partial charge in [-0.25, -0.2) is 0 Å². The Morgan fingerprint density at radius 2 is 1.91 bits per heavy atom. The first kappa shape index (κ1) is 24.7. The van der Waals surface area contributed by atoms with Crippen LogP contribution < -0.4 is 14.8 Å². The van der Waals surface area contributed by atoms with Crippen LogP contribution in [0.4, 0.5) is 5.69 Å². The molecule has 9 nitrogen and oxygen atoms in total. The molecule has 1 aliphatic heterocycles. The van der Waals surface area contributed by atoms with Gasteiger partial charge in [0.05, 0.1) is 36.7 Å². The predicted octanol–water partition coefficient (Wildman–Crippen LogP) is 3.98. The molecule has 0 atom stereocenters. The smallest absolute Gasteiger partial charge is 0.274 e. The van der Waals surface area contributed by atoms with Crippen molar-refractivity contribution in [3.05, 3.63) is 70.0 Å². The van der Waals surface area contributed by atoms with Gasteiger partial charge in [0.1, 0.15) is 23.8 Å². The largest absolute Gasteiger partial charge is 0.496 e. The van der Waals surface area contributed by atoms with Gasteiger partial charge in [0.15, 0.2) is 0 Å². The van der Waals surface area contributed by atoms with E-state index in [0.29, 0.717) is 66.9 Å². The number of rotatable bonds is 8. The number of amides is 2. The van der Waals surface area contributed by atoms with Crippen molar-refractivity contribution in [2.75, 3.05) is 38.7 Å². The third-order valence-corrected chi connectivity index (χ3v) is 6.31. The summed E-state index contributed by atoms with van der Waals surface area (Å²) >= 11 is 3.47. The van der Waals surface area contributed by atoms with Crippen LogP contribution in [-0.2, 0) is 17.9 Å². The SMILES string of the molecule is CCn1ncc(NC(=O)c2ccc(OC)c(COc3ccccc3Br)c2)c1C(=O)N1CCOCC1. The molecular formula is C25H27BrN4O5. The van der Waals surface area contributed by atoms with E-state index >= 15 is 0 Å². The van der Waals surface area contributed by atoms with Crippen molar-refractivity contribution in [2.45, 2.75) is 20.1 Å². The van der Waals surface area contributed by atoms with Crippen molar-refractivity contribution in [1.29, 1.82) is 0 Å². The van der Waals surface area contributed by atoms with Crippen molar-refractivity contribution in [3.8, 4) is 11.5 Å². The first-order chi connectivity index (χ1) is 17.0. The maximum atomic E-state index is 13.2. The molecule has 0 bridgehead atoms. The second kappa shape index (κ2) is 11.4. The number of aryl methyl sites for hydroxylation is 1. The van der Waals surface area contributed by atoms with Gasteiger partial charge >= 0.3 is 0 Å². The maximum Gasteiger partial charge on any atom is 0.274 e. The molecule has 1 N–H and O–H groups in total. The van der Waals surface area contributed by atoms with Gasteiger partial charge in [-0.1, -0.05) is 12.1 Å². The molecule has 0 radical (unpaired) electrons. The first-order valence-corrected chi connectivity index (χ1v) is 12.1. The summed E-state index contributed by atoms with van der Waals surface area (Å²) in [5.74, 6) is 0.750. The number of morpholine rings is 1. The molecule has 0 unspecified atom stereocenters. The van der Waals surface area contributed by atoms with E-state index in [9.17, 15) is 9.59 Å². The summed E-state index contributed by atoms with van der Waals surface area (Å²) in [4.78, 5) is 28.1. The van der Waals surface area contributed by atoms with Crippen LogP contribution >= 0.6 is 15.9 Å². The number of hydrogen-bond acceptors (Lipinski definition) is 6. The van der Waals surface area contributed by atoms with Crippen molar-refractivity contribution >= 4 is 33.4 Å². The number of benzene rings is 2. The fraction of sp³-hybridized carbons (Fsp3) is 0.320. The van der Waals surface area contributed by atoms with E-state index in [4.69, 9.17) is 14.2 Å². The molecule has 1 saturated heterocycles. The Hall–Kier alpha value is -3.37. The molecule has 10 heteroatoms. The fourth-order valence-corrected chi connectivity index (χ4v) is 4.20. The number of methoxy groups -OCH3 is 1. The van der Waals surface area contributed by atoms with E-state index < -0.39 is 0 Å². The Morgan fingerprint density at radius 3 is 2.63 bits per heavy atom. The van der Waals surface area contributed by atoms with E-state index in [-0.39, 0.29) is 18.4 Å². The van der Waals surface area contributed by atoms with E-state index in [2.05, 4.69) is 26.3 Å². The second-order valence-electron chi connectivity index (χ2n) is 7.83. The molecule has 2 amide bonds. The van der Waals surface area contributed by atoms with Gasteiger partial charge in [-0.05, 0) is 53.2 Å². The summed E-state index contributed by atoms with van der Waals surface area (Å²) < 4.78 is 19.2. The number of anilines is 1. The van der Waals surface area contributed by atoms with Gasteiger partial charge in [-0.3, -0.25) is 14.3 Å². The van der Waals surface area contributed by atoms with Crippen LogP contribution in [0.5, 0.6) is 11.5 Å². The van der Waals surface area contributed by atoms with E-state index in [1.165, 1.54) is 6.20 Å². The molecule has 0 aliphatic carbocycles. The second-order valence-corrected chi connectivity index (χ2v) is 8.68. The minimum absolute atomic E-state index is 0.180. The monoisotopic (exact) mass is 542 g/mol. The molecule has 2 aromatic carbocycles. The molecular weight excluding hydrogens is 516 g/mol. The van der Waals surface area contributed by atoms with Crippen molar-refractivity contribution in [3.63, 3.8) is 0 Å². The lowest BCUT2D eigenvalue weighted by molar-refractivity contribution is 0.0295. The topological polar surface area (TPSA) is 94.9 Å². The molecule has 4 rings (SSSR count). The highest BCUT2D eigenvalue weighted by Gasteiger charge is 2.26. The number of carbonyl (C=O) groups excluding carboxylic acids is 2. The van der Waals surface area contributed by atoms with Gasteiger partial charge in [0.2, 0.25) is 0 Å². The van der Waals surface area contributed by atoms with Crippen molar-refractivity contribution < 1.29 is 23.8 Å². The average Bonchev–Trinajstić information content (AvgIpc) is 3.30. The van der Waals surface area contributed by atoms with E-state index in [0.717, 1.165) is 4.47 Å². The van der Waals surface area contributed by atoms with Gasteiger partial charge < -0.3 is 24.4 Å². The number of nitrogens with zero attached hydrogens (tertiary/aromatic N) is 3. The van der Waals surface area contributed by atoms with Crippen LogP contribution in [-0.4, -0.2) is 59.9 Å². The fourth-order valence-electron chi connectivity index (χ4n) is 3.80. The van der Waals surface area contributed by atoms with E-state index in [1.807, 2.05) is 31.2 Å². The highest BCUT2D eigenvalue weighted by atomic mass is 79.9. The first-order valence-electron chi connectivity index (χ1n) is 11.3. The normalized spacial score (nSPS) is 13.4. The molecule has 3 aromatic rings. The Balaban J connectivity index is 1.54. The Labute approximate surface area is 212 Å². The van der Waals surface area contributed by atoms with Crippen molar-refractivity contribution in [2.24, 2.45) is 0 Å². The van der Waals surface area contributed by atoms with Gasteiger partial charge in [-0.2, -0.15) is 5.10 Å². The zero-order chi connectivity index (χ0) is 24.8. The highest BCUT2D eigenvalue weighted by Crippen LogP contribution is 2.28. The lowest BCUT2D eigenvalue weighted by Crippen LogP contribution is -2.41. The van der Waals surface area contributed by atoms with Gasteiger partial charge in [0, 0.05) is 30.8 Å². The molecule has 1 aliphatic rings. The number of hydrogen-bond donors (Lipinski definition) is 1. The standard InChI is InChI=1S/C25H27BrN4O5/c1-3-30-23(25(32)29-10-12-34-13-11-29)20(15-27-30)28-24(31)17-8-9-21(33-2)18(14-17)16-35-22-7-5-4-6-19(22)26/h4-9,14-15H,3,10-13,16H2,1-2H3,(H,28,31). The molecule has 2 heterocycles. The average molecular weight is 543 g/mol. The van der Waals surface area contributed by atoms with Crippen LogP contribution in [0.1, 0.15) is 33.3 Å². The maximum absolute atomic E-state index is 13.2. The lowest BCUT2D eigenvalue weighted by atomic mass is 10.1. The zero-order valence-electron chi connectivity index (χ0n) is 19.6. The summed E-state index contributed by atoms with van der Waals surface area (Å²) in [7, 11) is 1.57. The number of ether oxygens (including phenoxy) is 3. The highest BCUT2D eigenvalue weighted by molar-refractivity contribution is 9.10. The number of para-hydroxylation sites is 1. The molecule has 0 spiro atoms. The van der Waals surface area contributed by atoms with Crippen molar-refractivity contribution in [1.82, 2.24) is 14.7 Å². The lowest BCUT2D eigenvalue weighted by Gasteiger charge is -2.27. The number of nitrogens with one attached hydrogen (secondary N) is 1. The predicted molar refractivity (Wildman–Crippen MR) is 134 cm³/mol. The number of halogens is 1. The summed E-state index contributed by atoms with van der Waals surface area (Å²) in [5, 5.41) is 7.15. The Bertz CT molecular complexity index is 1210. The van der Waals surface area contributed by atoms with Crippen LogP contribution in [0.25, 0.3) is 0 Å². The van der Waals surface area contributed by atoms with Gasteiger partial charge in [-0.15, -0.1) is 0 Å². The van der Waals surface area contributed by atoms with Crippen LogP contribution in [0.15, 0.2) is 53.1 Å². The summed E-state index contributed by atoms with van der Waals surface area (Å²) in [6.45, 7) is 4.59. The summed E-state index contributed by atoms with van der Waals surface area (Å²) in [6.07, 6.45) is 1.51.